The molecule has 1 aliphatic rings. The van der Waals surface area contributed by atoms with E-state index in [0.29, 0.717) is 4.90 Å². The van der Waals surface area contributed by atoms with Crippen molar-refractivity contribution in [2.45, 2.75) is 24.7 Å². The summed E-state index contributed by atoms with van der Waals surface area (Å²) in [7, 11) is 1.42. The number of carbonyl (C=O) groups is 2. The van der Waals surface area contributed by atoms with Gasteiger partial charge in [-0.15, -0.1) is 0 Å². The molecule has 24 heavy (non-hydrogen) atoms. The second-order valence-corrected chi connectivity index (χ2v) is 5.70. The Morgan fingerprint density at radius 1 is 1.46 bits per heavy atom. The third-order valence-electron chi connectivity index (χ3n) is 3.97. The maximum Gasteiger partial charge on any atom is 0.406 e. The van der Waals surface area contributed by atoms with Crippen LogP contribution in [0.15, 0.2) is 24.3 Å². The molecule has 2 unspecified atom stereocenters. The number of likely N-dealkylation sites (N-methyl/N-ethyl adjacent to an activating group) is 1. The van der Waals surface area contributed by atoms with Gasteiger partial charge >= 0.3 is 6.18 Å². The summed E-state index contributed by atoms with van der Waals surface area (Å²) in [5.74, 6) is -2.12. The van der Waals surface area contributed by atoms with Crippen LogP contribution >= 0.6 is 0 Å². The van der Waals surface area contributed by atoms with Crippen molar-refractivity contribution < 1.29 is 27.2 Å². The van der Waals surface area contributed by atoms with Crippen molar-refractivity contribution in [3.8, 4) is 0 Å². The van der Waals surface area contributed by atoms with Crippen LogP contribution in [0.25, 0.3) is 0 Å². The fraction of sp³-hybridized carbons (Fsp3) is 0.467. The number of primary amides is 1. The van der Waals surface area contributed by atoms with Gasteiger partial charge in [-0.25, -0.2) is 4.39 Å². The van der Waals surface area contributed by atoms with E-state index in [-0.39, 0.29) is 18.5 Å². The number of nitrogens with two attached hydrogens (primary N) is 1. The van der Waals surface area contributed by atoms with E-state index < -0.39 is 42.4 Å². The Kier molecular flexibility index (Phi) is 5.12. The number of hydrogen-bond donors (Lipinski definition) is 1. The fourth-order valence-corrected chi connectivity index (χ4v) is 2.93. The molecule has 1 fully saturated rings. The number of nitrogens with zero attached hydrogens (tertiary/aromatic N) is 2. The van der Waals surface area contributed by atoms with Gasteiger partial charge in [0.2, 0.25) is 11.8 Å². The molecular formula is C15H17F4N3O2. The Balaban J connectivity index is 2.21. The first-order chi connectivity index (χ1) is 11.1. The lowest BCUT2D eigenvalue weighted by Gasteiger charge is -2.30. The molecule has 2 rings (SSSR count). The summed E-state index contributed by atoms with van der Waals surface area (Å²) < 4.78 is 50.8. The van der Waals surface area contributed by atoms with E-state index in [1.165, 1.54) is 30.1 Å². The highest BCUT2D eigenvalue weighted by Gasteiger charge is 2.43. The van der Waals surface area contributed by atoms with E-state index in [1.807, 2.05) is 0 Å². The molecule has 0 saturated carbocycles. The number of likely N-dealkylation sites (tertiary alicyclic amines) is 1. The number of benzene rings is 1. The van der Waals surface area contributed by atoms with Gasteiger partial charge in [-0.2, -0.15) is 13.2 Å². The van der Waals surface area contributed by atoms with Gasteiger partial charge in [-0.3, -0.25) is 14.5 Å². The molecule has 0 aromatic heterocycles. The smallest absolute Gasteiger partial charge is 0.368 e. The molecule has 1 aromatic carbocycles. The van der Waals surface area contributed by atoms with Crippen molar-refractivity contribution >= 4 is 11.8 Å². The van der Waals surface area contributed by atoms with Crippen molar-refractivity contribution in [2.75, 3.05) is 20.1 Å². The molecule has 0 spiro atoms. The van der Waals surface area contributed by atoms with E-state index in [4.69, 9.17) is 5.73 Å². The maximum absolute atomic E-state index is 13.4. The topological polar surface area (TPSA) is 66.6 Å². The normalized spacial score (nSPS) is 19.8. The highest BCUT2D eigenvalue weighted by molar-refractivity contribution is 5.86. The highest BCUT2D eigenvalue weighted by Crippen LogP contribution is 2.28. The monoisotopic (exact) mass is 347 g/mol. The number of carbonyl (C=O) groups excluding carboxylic acids is 2. The maximum atomic E-state index is 13.4. The van der Waals surface area contributed by atoms with Crippen LogP contribution < -0.4 is 5.73 Å². The molecular weight excluding hydrogens is 330 g/mol. The lowest BCUT2D eigenvalue weighted by Crippen LogP contribution is -2.46. The second kappa shape index (κ2) is 6.76. The largest absolute Gasteiger partial charge is 0.406 e. The number of hydrogen-bond acceptors (Lipinski definition) is 3. The molecule has 1 aromatic rings. The molecule has 1 heterocycles. The van der Waals surface area contributed by atoms with Gasteiger partial charge in [0.05, 0.1) is 6.04 Å². The van der Waals surface area contributed by atoms with Gasteiger partial charge in [-0.1, -0.05) is 12.1 Å². The summed E-state index contributed by atoms with van der Waals surface area (Å²) in [4.78, 5) is 26.0. The molecule has 1 saturated heterocycles. The van der Waals surface area contributed by atoms with Gasteiger partial charge < -0.3 is 10.6 Å². The summed E-state index contributed by atoms with van der Waals surface area (Å²) >= 11 is 0. The van der Waals surface area contributed by atoms with E-state index >= 15 is 0 Å². The molecule has 2 amide bonds. The summed E-state index contributed by atoms with van der Waals surface area (Å²) in [5, 5.41) is 0. The third-order valence-corrected chi connectivity index (χ3v) is 3.97. The van der Waals surface area contributed by atoms with Crippen LogP contribution in [0.5, 0.6) is 0 Å². The third kappa shape index (κ3) is 4.02. The van der Waals surface area contributed by atoms with Crippen molar-refractivity contribution in [2.24, 2.45) is 5.73 Å². The fourth-order valence-electron chi connectivity index (χ4n) is 2.93. The average molecular weight is 347 g/mol. The summed E-state index contributed by atoms with van der Waals surface area (Å²) in [6.07, 6.45) is -4.36. The minimum atomic E-state index is -4.49. The van der Waals surface area contributed by atoms with Crippen LogP contribution in [0.1, 0.15) is 18.0 Å². The van der Waals surface area contributed by atoms with E-state index in [2.05, 4.69) is 0 Å². The Hall–Kier alpha value is -2.16. The Morgan fingerprint density at radius 2 is 2.12 bits per heavy atom. The molecule has 9 heteroatoms. The van der Waals surface area contributed by atoms with Crippen LogP contribution in [0.4, 0.5) is 17.6 Å². The second-order valence-electron chi connectivity index (χ2n) is 5.70. The van der Waals surface area contributed by atoms with Gasteiger partial charge in [0.1, 0.15) is 18.4 Å². The first kappa shape index (κ1) is 18.2. The molecule has 0 radical (unpaired) electrons. The molecule has 2 atom stereocenters. The quantitative estimate of drug-likeness (QED) is 0.820. The Morgan fingerprint density at radius 3 is 2.67 bits per heavy atom. The van der Waals surface area contributed by atoms with E-state index in [9.17, 15) is 27.2 Å². The lowest BCUT2D eigenvalue weighted by molar-refractivity contribution is -0.159. The van der Waals surface area contributed by atoms with Crippen molar-refractivity contribution in [3.05, 3.63) is 35.6 Å². The number of rotatable bonds is 5. The molecule has 0 bridgehead atoms. The molecule has 5 nitrogen and oxygen atoms in total. The van der Waals surface area contributed by atoms with Gasteiger partial charge in [0.15, 0.2) is 0 Å². The predicted molar refractivity (Wildman–Crippen MR) is 77.1 cm³/mol. The zero-order valence-corrected chi connectivity index (χ0v) is 12.9. The van der Waals surface area contributed by atoms with E-state index in [0.717, 1.165) is 6.07 Å². The zero-order chi connectivity index (χ0) is 18.1. The van der Waals surface area contributed by atoms with Crippen LogP contribution in [-0.4, -0.2) is 54.0 Å². The molecule has 1 aliphatic heterocycles. The summed E-state index contributed by atoms with van der Waals surface area (Å²) in [6.45, 7) is -1.40. The average Bonchev–Trinajstić information content (AvgIpc) is 2.78. The van der Waals surface area contributed by atoms with E-state index in [1.54, 1.807) is 0 Å². The number of alkyl halides is 3. The van der Waals surface area contributed by atoms with Crippen molar-refractivity contribution in [1.29, 1.82) is 0 Å². The summed E-state index contributed by atoms with van der Waals surface area (Å²) in [5.41, 5.74) is 5.60. The van der Waals surface area contributed by atoms with Crippen molar-refractivity contribution in [1.82, 2.24) is 9.80 Å². The van der Waals surface area contributed by atoms with Crippen molar-refractivity contribution in [3.63, 3.8) is 0 Å². The highest BCUT2D eigenvalue weighted by atomic mass is 19.4. The minimum absolute atomic E-state index is 0.0675. The van der Waals surface area contributed by atoms with Crippen LogP contribution in [-0.2, 0) is 9.59 Å². The van der Waals surface area contributed by atoms with Crippen LogP contribution in [0.2, 0.25) is 0 Å². The molecule has 2 N–H and O–H groups in total. The zero-order valence-electron chi connectivity index (χ0n) is 12.9. The van der Waals surface area contributed by atoms with Gasteiger partial charge in [0, 0.05) is 6.54 Å². The Bertz CT molecular complexity index is 635. The first-order valence-corrected chi connectivity index (χ1v) is 7.22. The van der Waals surface area contributed by atoms with Crippen LogP contribution in [0.3, 0.4) is 0 Å². The predicted octanol–water partition coefficient (Wildman–Crippen LogP) is 1.45. The summed E-state index contributed by atoms with van der Waals surface area (Å²) in [6, 6.07) is 3.13. The number of halogens is 4. The Labute approximate surface area is 136 Å². The van der Waals surface area contributed by atoms with Gasteiger partial charge in [0.25, 0.3) is 0 Å². The first-order valence-electron chi connectivity index (χ1n) is 7.22. The number of amides is 2. The SMILES string of the molecule is CN(C1CCN(CC(F)(F)F)C1=O)C(C(N)=O)c1cccc(F)c1. The minimum Gasteiger partial charge on any atom is -0.368 e. The van der Waals surface area contributed by atoms with Crippen LogP contribution in [0, 0.1) is 5.82 Å². The molecule has 0 aliphatic carbocycles. The standard InChI is InChI=1S/C15H17F4N3O2/c1-21(11-5-6-22(14(11)24)8-15(17,18)19)12(13(20)23)9-3-2-4-10(16)7-9/h2-4,7,11-12H,5-6,8H2,1H3,(H2,20,23). The van der Waals surface area contributed by atoms with Gasteiger partial charge in [-0.05, 0) is 31.2 Å². The molecule has 132 valence electrons. The lowest BCUT2D eigenvalue weighted by atomic mass is 10.0.